The van der Waals surface area contributed by atoms with Gasteiger partial charge in [-0.2, -0.15) is 0 Å². The van der Waals surface area contributed by atoms with Gasteiger partial charge in [0.05, 0.1) is 59.5 Å². The second-order valence-corrected chi connectivity index (χ2v) is 24.1. The lowest BCUT2D eigenvalue weighted by atomic mass is 9.49. The van der Waals surface area contributed by atoms with Gasteiger partial charge in [-0.05, 0) is 123 Å². The van der Waals surface area contributed by atoms with Gasteiger partial charge in [-0.25, -0.2) is 0 Å². The van der Waals surface area contributed by atoms with Crippen LogP contribution in [0.1, 0.15) is 97.9 Å². The Labute approximate surface area is 406 Å². The van der Waals surface area contributed by atoms with Gasteiger partial charge in [0.2, 0.25) is 0 Å². The Bertz CT molecular complexity index is 3360. The maximum Gasteiger partial charge on any atom is 0.505 e. The van der Waals surface area contributed by atoms with Crippen LogP contribution in [-0.4, -0.2) is 63.5 Å². The quantitative estimate of drug-likeness (QED) is 0.161. The zero-order valence-corrected chi connectivity index (χ0v) is 41.7. The minimum Gasteiger partial charge on any atom is -0.405 e. The number of nitrogens with zero attached hydrogens (tertiary/aromatic N) is 2. The summed E-state index contributed by atoms with van der Waals surface area (Å²) in [6.45, 7) is 24.6. The van der Waals surface area contributed by atoms with Crippen molar-refractivity contribution >= 4 is 139 Å². The molecule has 0 aliphatic carbocycles. The first-order valence-corrected chi connectivity index (χ1v) is 24.6. The first-order valence-electron chi connectivity index (χ1n) is 22.2. The van der Waals surface area contributed by atoms with E-state index in [1.807, 2.05) is 55.4 Å². The number of hydrogen-bond donors (Lipinski definition) is 0. The normalized spacial score (nSPS) is 20.2. The van der Waals surface area contributed by atoms with E-state index in [1.54, 1.807) is 22.7 Å². The largest absolute Gasteiger partial charge is 0.505 e. The molecule has 3 aliphatic rings. The zero-order valence-electron chi connectivity index (χ0n) is 38.5. The van der Waals surface area contributed by atoms with E-state index in [1.165, 1.54) is 78.6 Å². The molecule has 0 bridgehead atoms. The summed E-state index contributed by atoms with van der Waals surface area (Å²) >= 11 is 7.20. The summed E-state index contributed by atoms with van der Waals surface area (Å²) < 4.78 is 43.6. The highest BCUT2D eigenvalue weighted by atomic mass is 79.9. The van der Waals surface area contributed by atoms with Gasteiger partial charge in [-0.3, -0.25) is 8.80 Å². The molecule has 3 saturated heterocycles. The summed E-state index contributed by atoms with van der Waals surface area (Å²) in [6.07, 6.45) is 0. The van der Waals surface area contributed by atoms with Crippen LogP contribution in [0.3, 0.4) is 0 Å². The second kappa shape index (κ2) is 15.7. The molecule has 3 fully saturated rings. The standard InChI is InChI=1S/C22H20BNO2S.C16H8BrNS.C12H24B2O4.2CH4/c1-21(2)22(3,4)26-23(25-21)18-12-16-15-10-7-9-14-13-8-5-6-11-17(13)24(19(14)15)20(16)27-18;17-14-8-12-11-6-3-5-10-9-4-1-2-7-13(9)18(15(10)11)16(12)19-14;1-9(2)10(3,4)16-13(15-9)14-17-11(5,6)12(7,8)18-14;;/h5-12H,1-4H3;1-8H;1-8H3;2*1H4. The number of rotatable bonds is 2. The van der Waals surface area contributed by atoms with E-state index in [4.69, 9.17) is 27.9 Å². The Hall–Kier alpha value is -3.69. The van der Waals surface area contributed by atoms with Gasteiger partial charge in [-0.1, -0.05) is 87.6 Å². The average Bonchev–Trinajstić information content (AvgIpc) is 4.10. The van der Waals surface area contributed by atoms with Crippen LogP contribution >= 0.6 is 38.6 Å². The van der Waals surface area contributed by atoms with E-state index in [0.29, 0.717) is 0 Å². The second-order valence-electron chi connectivity index (χ2n) is 20.6. The number of fused-ring (bicyclic) bond motifs is 12. The van der Waals surface area contributed by atoms with Crippen molar-refractivity contribution in [3.63, 3.8) is 0 Å². The predicted octanol–water partition coefficient (Wildman–Crippen LogP) is 14.4. The van der Waals surface area contributed by atoms with Crippen LogP contribution < -0.4 is 4.78 Å². The number of benzene rings is 4. The number of aromatic nitrogens is 2. The lowest BCUT2D eigenvalue weighted by Gasteiger charge is -2.32. The Morgan fingerprint density at radius 2 is 0.742 bits per heavy atom. The lowest BCUT2D eigenvalue weighted by Crippen LogP contribution is -2.41. The van der Waals surface area contributed by atoms with E-state index in [-0.39, 0.29) is 55.6 Å². The van der Waals surface area contributed by atoms with E-state index < -0.39 is 14.0 Å². The third kappa shape index (κ3) is 6.90. The summed E-state index contributed by atoms with van der Waals surface area (Å²) in [4.78, 5) is 2.60. The number of para-hydroxylation sites is 4. The van der Waals surface area contributed by atoms with Crippen molar-refractivity contribution in [3.05, 3.63) is 101 Å². The van der Waals surface area contributed by atoms with Gasteiger partial charge in [-0.15, -0.1) is 22.7 Å². The number of thiophene rings is 2. The van der Waals surface area contributed by atoms with Crippen molar-refractivity contribution in [2.75, 3.05) is 0 Å². The van der Waals surface area contributed by atoms with Crippen LogP contribution in [0.5, 0.6) is 0 Å². The van der Waals surface area contributed by atoms with Gasteiger partial charge in [0.1, 0.15) is 9.66 Å². The smallest absolute Gasteiger partial charge is 0.405 e. The average molecular weight is 986 g/mol. The van der Waals surface area contributed by atoms with Crippen LogP contribution in [0.4, 0.5) is 0 Å². The summed E-state index contributed by atoms with van der Waals surface area (Å²) in [5.74, 6) is 0. The molecule has 0 saturated carbocycles. The lowest BCUT2D eigenvalue weighted by molar-refractivity contribution is 0.00578. The molecule has 0 unspecified atom stereocenters. The third-order valence-electron chi connectivity index (χ3n) is 15.0. The molecule has 0 amide bonds. The van der Waals surface area contributed by atoms with Crippen molar-refractivity contribution in [1.82, 2.24) is 8.80 Å². The number of hydrogen-bond acceptors (Lipinski definition) is 8. The molecular weight excluding hydrogens is 925 g/mol. The van der Waals surface area contributed by atoms with E-state index in [0.717, 1.165) is 4.78 Å². The highest BCUT2D eigenvalue weighted by Crippen LogP contribution is 2.46. The fraction of sp³-hybridized carbons (Fsp3) is 0.385. The molecule has 14 heteroatoms. The van der Waals surface area contributed by atoms with Crippen LogP contribution in [0.2, 0.25) is 0 Å². The molecule has 0 atom stereocenters. The molecule has 66 heavy (non-hydrogen) atoms. The maximum atomic E-state index is 6.30. The third-order valence-corrected chi connectivity index (χ3v) is 17.8. The van der Waals surface area contributed by atoms with Gasteiger partial charge >= 0.3 is 21.1 Å². The van der Waals surface area contributed by atoms with Gasteiger partial charge in [0.15, 0.2) is 0 Å². The molecule has 13 rings (SSSR count). The Morgan fingerprint density at radius 1 is 0.409 bits per heavy atom. The maximum absolute atomic E-state index is 6.30. The van der Waals surface area contributed by atoms with Crippen molar-refractivity contribution < 1.29 is 27.9 Å². The van der Waals surface area contributed by atoms with Crippen LogP contribution in [0.15, 0.2) is 101 Å². The Kier molecular flexibility index (Phi) is 11.2. The van der Waals surface area contributed by atoms with Crippen molar-refractivity contribution in [2.24, 2.45) is 0 Å². The highest BCUT2D eigenvalue weighted by Gasteiger charge is 2.63. The van der Waals surface area contributed by atoms with Crippen molar-refractivity contribution in [2.45, 2.75) is 132 Å². The van der Waals surface area contributed by atoms with E-state index in [9.17, 15) is 0 Å². The highest BCUT2D eigenvalue weighted by molar-refractivity contribution is 9.11. The summed E-state index contributed by atoms with van der Waals surface area (Å²) in [5.41, 5.74) is 3.16. The fourth-order valence-electron chi connectivity index (χ4n) is 9.44. The Morgan fingerprint density at radius 3 is 1.17 bits per heavy atom. The molecule has 342 valence electrons. The molecule has 6 aromatic heterocycles. The zero-order chi connectivity index (χ0) is 45.1. The summed E-state index contributed by atoms with van der Waals surface area (Å²) in [6, 6.07) is 35.0. The molecule has 0 N–H and O–H groups in total. The first kappa shape index (κ1) is 47.4. The van der Waals surface area contributed by atoms with Gasteiger partial charge in [0, 0.05) is 47.9 Å². The monoisotopic (exact) mass is 984 g/mol. The Balaban J connectivity index is 0.000000126. The molecule has 0 spiro atoms. The fourth-order valence-corrected chi connectivity index (χ4v) is 12.2. The molecular formula is C52H60B3BrN2O6S2. The minimum atomic E-state index is -0.476. The SMILES string of the molecule is Brc1cc2c3cccc4c5ccccc5n(c2s1)c43.C.C.CC1(C)OB(B2OC(C)(C)C(C)(C)O2)OC1(C)C.CC1(C)OB(c2cc3c4cccc5c6ccccc6n(c3s2)c54)OC1(C)C. The van der Waals surface area contributed by atoms with Crippen LogP contribution in [0.25, 0.3) is 74.8 Å². The predicted molar refractivity (Wildman–Crippen MR) is 287 cm³/mol. The number of halogens is 1. The van der Waals surface area contributed by atoms with Crippen LogP contribution in [0, 0.1) is 0 Å². The molecule has 10 aromatic rings. The van der Waals surface area contributed by atoms with Crippen molar-refractivity contribution in [1.29, 1.82) is 0 Å². The topological polar surface area (TPSA) is 64.2 Å². The molecule has 0 radical (unpaired) electrons. The van der Waals surface area contributed by atoms with Gasteiger partial charge in [0.25, 0.3) is 0 Å². The van der Waals surface area contributed by atoms with E-state index >= 15 is 0 Å². The summed E-state index contributed by atoms with van der Waals surface area (Å²) in [5, 5.41) is 10.6. The summed E-state index contributed by atoms with van der Waals surface area (Å²) in [7, 11) is -1.26. The first-order chi connectivity index (χ1) is 30.1. The molecule has 3 aliphatic heterocycles. The molecule has 4 aromatic carbocycles. The van der Waals surface area contributed by atoms with Crippen LogP contribution in [-0.2, 0) is 27.9 Å². The molecule has 9 heterocycles. The minimum absolute atomic E-state index is 0. The molecule has 8 nitrogen and oxygen atoms in total. The van der Waals surface area contributed by atoms with E-state index in [2.05, 4.69) is 149 Å². The van der Waals surface area contributed by atoms with Gasteiger partial charge < -0.3 is 27.9 Å². The van der Waals surface area contributed by atoms with Crippen molar-refractivity contribution in [3.8, 4) is 0 Å².